The summed E-state index contributed by atoms with van der Waals surface area (Å²) in [5.41, 5.74) is 0.664. The number of hydrogen-bond donors (Lipinski definition) is 2. The molecule has 0 aliphatic carbocycles. The SMILES string of the molecule is O=C(C[NH+](Cc1cccs1)C[C@@H]1CCCO1)Nc1ccccc1Cl. The number of hydrogen-bond acceptors (Lipinski definition) is 3. The zero-order valence-corrected chi connectivity index (χ0v) is 15.0. The lowest BCUT2D eigenvalue weighted by Gasteiger charge is -2.21. The molecule has 0 saturated carbocycles. The molecule has 24 heavy (non-hydrogen) atoms. The molecule has 1 aromatic carbocycles. The van der Waals surface area contributed by atoms with Crippen LogP contribution < -0.4 is 10.2 Å². The number of thiophene rings is 1. The average molecular weight is 366 g/mol. The fourth-order valence-corrected chi connectivity index (χ4v) is 3.94. The summed E-state index contributed by atoms with van der Waals surface area (Å²) in [5.74, 6) is -0.0207. The first-order valence-corrected chi connectivity index (χ1v) is 9.48. The second kappa shape index (κ2) is 8.62. The largest absolute Gasteiger partial charge is 0.372 e. The fourth-order valence-electron chi connectivity index (χ4n) is 2.98. The van der Waals surface area contributed by atoms with E-state index in [-0.39, 0.29) is 12.0 Å². The van der Waals surface area contributed by atoms with Crippen molar-refractivity contribution in [1.29, 1.82) is 0 Å². The third-order valence-electron chi connectivity index (χ3n) is 4.10. The van der Waals surface area contributed by atoms with Crippen LogP contribution in [0.5, 0.6) is 0 Å². The van der Waals surface area contributed by atoms with Crippen molar-refractivity contribution in [2.24, 2.45) is 0 Å². The molecule has 1 aromatic heterocycles. The van der Waals surface area contributed by atoms with Crippen LogP contribution in [-0.4, -0.2) is 31.7 Å². The fraction of sp³-hybridized carbons (Fsp3) is 0.389. The van der Waals surface area contributed by atoms with E-state index >= 15 is 0 Å². The highest BCUT2D eigenvalue weighted by molar-refractivity contribution is 7.09. The molecule has 1 fully saturated rings. The van der Waals surface area contributed by atoms with Crippen LogP contribution >= 0.6 is 22.9 Å². The third-order valence-corrected chi connectivity index (χ3v) is 5.31. The molecule has 2 aromatic rings. The van der Waals surface area contributed by atoms with Crippen molar-refractivity contribution < 1.29 is 14.4 Å². The van der Waals surface area contributed by atoms with Crippen molar-refractivity contribution in [2.45, 2.75) is 25.5 Å². The number of quaternary nitrogens is 1. The third kappa shape index (κ3) is 5.05. The van der Waals surface area contributed by atoms with E-state index in [1.807, 2.05) is 24.3 Å². The molecule has 4 nitrogen and oxygen atoms in total. The molecule has 2 N–H and O–H groups in total. The molecule has 0 spiro atoms. The lowest BCUT2D eigenvalue weighted by Crippen LogP contribution is -3.12. The predicted octanol–water partition coefficient (Wildman–Crippen LogP) is 2.60. The number of ether oxygens (including phenoxy) is 1. The van der Waals surface area contributed by atoms with Crippen molar-refractivity contribution in [1.82, 2.24) is 0 Å². The maximum Gasteiger partial charge on any atom is 0.279 e. The Morgan fingerprint density at radius 1 is 1.33 bits per heavy atom. The van der Waals surface area contributed by atoms with Crippen LogP contribution in [0.15, 0.2) is 41.8 Å². The number of benzene rings is 1. The lowest BCUT2D eigenvalue weighted by atomic mass is 10.2. The maximum atomic E-state index is 12.4. The van der Waals surface area contributed by atoms with E-state index in [2.05, 4.69) is 16.8 Å². The molecular formula is C18H22ClN2O2S+. The average Bonchev–Trinajstić information content (AvgIpc) is 3.23. The first-order valence-electron chi connectivity index (χ1n) is 8.22. The minimum atomic E-state index is -0.0207. The van der Waals surface area contributed by atoms with E-state index in [4.69, 9.17) is 16.3 Å². The standard InChI is InChI=1S/C18H21ClN2O2S/c19-16-7-1-2-8-17(16)20-18(22)13-21(11-14-5-3-9-23-14)12-15-6-4-10-24-15/h1-2,4,6-8,10,14H,3,5,9,11-13H2,(H,20,22)/p+1/t14-/m0/s1. The lowest BCUT2D eigenvalue weighted by molar-refractivity contribution is -0.908. The minimum Gasteiger partial charge on any atom is -0.372 e. The maximum absolute atomic E-state index is 12.4. The molecule has 2 heterocycles. The molecule has 0 radical (unpaired) electrons. The van der Waals surface area contributed by atoms with E-state index < -0.39 is 0 Å². The number of carbonyl (C=O) groups excluding carboxylic acids is 1. The van der Waals surface area contributed by atoms with Gasteiger partial charge < -0.3 is 15.0 Å². The number of anilines is 1. The van der Waals surface area contributed by atoms with Crippen LogP contribution in [0, 0.1) is 0 Å². The molecule has 3 rings (SSSR count). The predicted molar refractivity (Wildman–Crippen MR) is 97.8 cm³/mol. The van der Waals surface area contributed by atoms with Crippen molar-refractivity contribution in [2.75, 3.05) is 25.0 Å². The number of para-hydroxylation sites is 1. The molecule has 1 unspecified atom stereocenters. The minimum absolute atomic E-state index is 0.0207. The second-order valence-electron chi connectivity index (χ2n) is 6.05. The Kier molecular flexibility index (Phi) is 6.26. The normalized spacial score (nSPS) is 18.5. The molecule has 1 amide bonds. The molecule has 2 atom stereocenters. The van der Waals surface area contributed by atoms with Gasteiger partial charge in [0.25, 0.3) is 5.91 Å². The summed E-state index contributed by atoms with van der Waals surface area (Å²) >= 11 is 7.85. The quantitative estimate of drug-likeness (QED) is 0.792. The van der Waals surface area contributed by atoms with Crippen LogP contribution in [-0.2, 0) is 16.1 Å². The highest BCUT2D eigenvalue weighted by Crippen LogP contribution is 2.20. The van der Waals surface area contributed by atoms with E-state index in [1.165, 1.54) is 9.78 Å². The van der Waals surface area contributed by atoms with Gasteiger partial charge in [0.1, 0.15) is 19.2 Å². The van der Waals surface area contributed by atoms with Crippen molar-refractivity contribution in [3.63, 3.8) is 0 Å². The highest BCUT2D eigenvalue weighted by atomic mass is 35.5. The Labute approximate surface area is 151 Å². The summed E-state index contributed by atoms with van der Waals surface area (Å²) < 4.78 is 5.75. The second-order valence-corrected chi connectivity index (χ2v) is 7.49. The van der Waals surface area contributed by atoms with E-state index in [0.717, 1.165) is 32.5 Å². The van der Waals surface area contributed by atoms with E-state index in [9.17, 15) is 4.79 Å². The Morgan fingerprint density at radius 2 is 2.21 bits per heavy atom. The van der Waals surface area contributed by atoms with Crippen molar-refractivity contribution in [3.05, 3.63) is 51.7 Å². The van der Waals surface area contributed by atoms with Crippen molar-refractivity contribution in [3.8, 4) is 0 Å². The number of carbonyl (C=O) groups is 1. The number of nitrogens with one attached hydrogen (secondary N) is 2. The smallest absolute Gasteiger partial charge is 0.279 e. The highest BCUT2D eigenvalue weighted by Gasteiger charge is 2.24. The van der Waals surface area contributed by atoms with Gasteiger partial charge in [0.05, 0.1) is 15.6 Å². The zero-order valence-electron chi connectivity index (χ0n) is 13.5. The molecule has 0 bridgehead atoms. The number of amides is 1. The summed E-state index contributed by atoms with van der Waals surface area (Å²) in [6.07, 6.45) is 2.45. The van der Waals surface area contributed by atoms with Crippen LogP contribution in [0.2, 0.25) is 5.02 Å². The Hall–Kier alpha value is -1.40. The van der Waals surface area contributed by atoms with Gasteiger partial charge >= 0.3 is 0 Å². The molecule has 128 valence electrons. The molecular weight excluding hydrogens is 344 g/mol. The number of halogens is 1. The van der Waals surface area contributed by atoms with Crippen LogP contribution in [0.1, 0.15) is 17.7 Å². The first-order chi connectivity index (χ1) is 11.7. The summed E-state index contributed by atoms with van der Waals surface area (Å²) in [4.78, 5) is 15.0. The van der Waals surface area contributed by atoms with Gasteiger partial charge in [-0.3, -0.25) is 4.79 Å². The van der Waals surface area contributed by atoms with Crippen LogP contribution in [0.3, 0.4) is 0 Å². The van der Waals surface area contributed by atoms with Gasteiger partial charge in [0.2, 0.25) is 0 Å². The molecule has 1 aliphatic rings. The first kappa shape index (κ1) is 17.4. The van der Waals surface area contributed by atoms with Gasteiger partial charge in [-0.25, -0.2) is 0 Å². The Bertz CT molecular complexity index is 657. The van der Waals surface area contributed by atoms with E-state index in [0.29, 0.717) is 17.3 Å². The summed E-state index contributed by atoms with van der Waals surface area (Å²) in [5, 5.41) is 5.55. The zero-order chi connectivity index (χ0) is 16.8. The van der Waals surface area contributed by atoms with E-state index in [1.54, 1.807) is 17.4 Å². The summed E-state index contributed by atoms with van der Waals surface area (Å²) in [7, 11) is 0. The molecule has 1 saturated heterocycles. The van der Waals surface area contributed by atoms with Gasteiger partial charge in [-0.2, -0.15) is 0 Å². The van der Waals surface area contributed by atoms with Gasteiger partial charge in [-0.1, -0.05) is 29.8 Å². The topological polar surface area (TPSA) is 42.8 Å². The monoisotopic (exact) mass is 365 g/mol. The Morgan fingerprint density at radius 3 is 2.92 bits per heavy atom. The van der Waals surface area contributed by atoms with Crippen LogP contribution in [0.4, 0.5) is 5.69 Å². The molecule has 1 aliphatic heterocycles. The summed E-state index contributed by atoms with van der Waals surface area (Å²) in [6.45, 7) is 2.94. The van der Waals surface area contributed by atoms with Gasteiger partial charge in [-0.15, -0.1) is 11.3 Å². The van der Waals surface area contributed by atoms with Gasteiger partial charge in [0, 0.05) is 6.61 Å². The summed E-state index contributed by atoms with van der Waals surface area (Å²) in [6, 6.07) is 11.5. The van der Waals surface area contributed by atoms with Crippen LogP contribution in [0.25, 0.3) is 0 Å². The Balaban J connectivity index is 1.61. The number of rotatable bonds is 7. The molecule has 6 heteroatoms. The van der Waals surface area contributed by atoms with Gasteiger partial charge in [-0.05, 0) is 36.4 Å². The van der Waals surface area contributed by atoms with Crippen molar-refractivity contribution >= 4 is 34.5 Å². The van der Waals surface area contributed by atoms with Gasteiger partial charge in [0.15, 0.2) is 6.54 Å².